The molecule has 0 amide bonds. The molecule has 0 aliphatic carbocycles. The Bertz CT molecular complexity index is 542. The van der Waals surface area contributed by atoms with E-state index in [1.165, 1.54) is 6.07 Å². The van der Waals surface area contributed by atoms with Gasteiger partial charge in [-0.3, -0.25) is 0 Å². The summed E-state index contributed by atoms with van der Waals surface area (Å²) in [6.45, 7) is 0. The molecule has 2 N–H and O–H groups in total. The SMILES string of the molecule is NC(Cc1ccc(Cl)cc1)c1ccc(Br)cc1F. The zero-order chi connectivity index (χ0) is 13.1. The monoisotopic (exact) mass is 327 g/mol. The molecule has 1 nitrogen and oxygen atoms in total. The van der Waals surface area contributed by atoms with Gasteiger partial charge in [0, 0.05) is 21.1 Å². The van der Waals surface area contributed by atoms with Gasteiger partial charge in [0.15, 0.2) is 0 Å². The Kier molecular flexibility index (Phi) is 4.38. The van der Waals surface area contributed by atoms with Crippen molar-refractivity contribution in [3.63, 3.8) is 0 Å². The molecular weight excluding hydrogens is 317 g/mol. The molecule has 0 heterocycles. The fourth-order valence-corrected chi connectivity index (χ4v) is 2.25. The van der Waals surface area contributed by atoms with Crippen LogP contribution in [0.25, 0.3) is 0 Å². The van der Waals surface area contributed by atoms with Gasteiger partial charge in [-0.15, -0.1) is 0 Å². The van der Waals surface area contributed by atoms with Crippen molar-refractivity contribution in [2.75, 3.05) is 0 Å². The third-order valence-electron chi connectivity index (χ3n) is 2.73. The molecule has 1 unspecified atom stereocenters. The second-order valence-corrected chi connectivity index (χ2v) is 5.46. The Labute approximate surface area is 119 Å². The fourth-order valence-electron chi connectivity index (χ4n) is 1.79. The van der Waals surface area contributed by atoms with Crippen molar-refractivity contribution in [1.82, 2.24) is 0 Å². The third kappa shape index (κ3) is 3.31. The largest absolute Gasteiger partial charge is 0.324 e. The molecule has 2 aromatic rings. The van der Waals surface area contributed by atoms with E-state index in [0.29, 0.717) is 21.5 Å². The van der Waals surface area contributed by atoms with E-state index in [0.717, 1.165) is 5.56 Å². The Morgan fingerprint density at radius 1 is 1.17 bits per heavy atom. The summed E-state index contributed by atoms with van der Waals surface area (Å²) in [7, 11) is 0. The van der Waals surface area contributed by atoms with E-state index in [2.05, 4.69) is 15.9 Å². The lowest BCUT2D eigenvalue weighted by atomic mass is 9.99. The topological polar surface area (TPSA) is 26.0 Å². The maximum atomic E-state index is 13.7. The Morgan fingerprint density at radius 3 is 2.44 bits per heavy atom. The van der Waals surface area contributed by atoms with E-state index < -0.39 is 0 Å². The molecule has 0 aliphatic heterocycles. The molecule has 0 spiro atoms. The summed E-state index contributed by atoms with van der Waals surface area (Å²) in [5.41, 5.74) is 7.59. The van der Waals surface area contributed by atoms with Crippen molar-refractivity contribution in [3.8, 4) is 0 Å². The number of rotatable bonds is 3. The maximum Gasteiger partial charge on any atom is 0.129 e. The van der Waals surface area contributed by atoms with Gasteiger partial charge in [-0.2, -0.15) is 0 Å². The number of nitrogens with two attached hydrogens (primary N) is 1. The molecule has 2 rings (SSSR count). The molecule has 0 aliphatic rings. The summed E-state index contributed by atoms with van der Waals surface area (Å²) in [5.74, 6) is -0.286. The predicted molar refractivity (Wildman–Crippen MR) is 76.2 cm³/mol. The van der Waals surface area contributed by atoms with Gasteiger partial charge >= 0.3 is 0 Å². The molecule has 0 aromatic heterocycles. The highest BCUT2D eigenvalue weighted by atomic mass is 79.9. The van der Waals surface area contributed by atoms with Gasteiger partial charge in [0.05, 0.1) is 0 Å². The van der Waals surface area contributed by atoms with Crippen molar-refractivity contribution in [1.29, 1.82) is 0 Å². The van der Waals surface area contributed by atoms with E-state index in [-0.39, 0.29) is 11.9 Å². The molecule has 1 atom stereocenters. The summed E-state index contributed by atoms with van der Waals surface area (Å²) < 4.78 is 14.4. The highest BCUT2D eigenvalue weighted by molar-refractivity contribution is 9.10. The van der Waals surface area contributed by atoms with E-state index in [1.807, 2.05) is 24.3 Å². The van der Waals surface area contributed by atoms with Gasteiger partial charge in [-0.1, -0.05) is 45.7 Å². The Balaban J connectivity index is 2.16. The van der Waals surface area contributed by atoms with Crippen LogP contribution in [-0.2, 0) is 6.42 Å². The molecule has 0 saturated carbocycles. The highest BCUT2D eigenvalue weighted by Gasteiger charge is 2.12. The van der Waals surface area contributed by atoms with Crippen LogP contribution in [0.15, 0.2) is 46.9 Å². The number of hydrogen-bond acceptors (Lipinski definition) is 1. The van der Waals surface area contributed by atoms with Crippen LogP contribution < -0.4 is 5.73 Å². The lowest BCUT2D eigenvalue weighted by Crippen LogP contribution is -2.15. The maximum absolute atomic E-state index is 13.7. The van der Waals surface area contributed by atoms with Crippen LogP contribution >= 0.6 is 27.5 Å². The van der Waals surface area contributed by atoms with Crippen molar-refractivity contribution >= 4 is 27.5 Å². The smallest absolute Gasteiger partial charge is 0.129 e. The van der Waals surface area contributed by atoms with Crippen LogP contribution in [0.2, 0.25) is 5.02 Å². The third-order valence-corrected chi connectivity index (χ3v) is 3.48. The van der Waals surface area contributed by atoms with Crippen LogP contribution in [-0.4, -0.2) is 0 Å². The van der Waals surface area contributed by atoms with Crippen molar-refractivity contribution in [2.24, 2.45) is 5.73 Å². The zero-order valence-corrected chi connectivity index (χ0v) is 11.9. The standard InChI is InChI=1S/C14H12BrClFN/c15-10-3-6-12(13(17)8-10)14(18)7-9-1-4-11(16)5-2-9/h1-6,8,14H,7,18H2. The summed E-state index contributed by atoms with van der Waals surface area (Å²) in [4.78, 5) is 0. The van der Waals surface area contributed by atoms with Crippen molar-refractivity contribution < 1.29 is 4.39 Å². The number of hydrogen-bond donors (Lipinski definition) is 1. The van der Waals surface area contributed by atoms with Gasteiger partial charge in [0.2, 0.25) is 0 Å². The number of halogens is 3. The minimum atomic E-state index is -0.362. The van der Waals surface area contributed by atoms with Crippen LogP contribution in [0.3, 0.4) is 0 Å². The molecule has 4 heteroatoms. The van der Waals surface area contributed by atoms with Crippen molar-refractivity contribution in [3.05, 3.63) is 68.9 Å². The first kappa shape index (κ1) is 13.5. The zero-order valence-electron chi connectivity index (χ0n) is 9.54. The minimum absolute atomic E-state index is 0.286. The predicted octanol–water partition coefficient (Wildman–Crippen LogP) is 4.48. The second-order valence-electron chi connectivity index (χ2n) is 4.10. The second kappa shape index (κ2) is 5.83. The first-order chi connectivity index (χ1) is 8.56. The Hall–Kier alpha value is -0.900. The average molecular weight is 329 g/mol. The summed E-state index contributed by atoms with van der Waals surface area (Å²) in [6, 6.07) is 12.0. The van der Waals surface area contributed by atoms with Crippen LogP contribution in [0.4, 0.5) is 4.39 Å². The van der Waals surface area contributed by atoms with E-state index in [1.54, 1.807) is 12.1 Å². The van der Waals surface area contributed by atoms with Crippen LogP contribution in [0.1, 0.15) is 17.2 Å². The molecule has 18 heavy (non-hydrogen) atoms. The molecule has 0 bridgehead atoms. The van der Waals surface area contributed by atoms with Crippen molar-refractivity contribution in [2.45, 2.75) is 12.5 Å². The minimum Gasteiger partial charge on any atom is -0.324 e. The molecule has 94 valence electrons. The first-order valence-corrected chi connectivity index (χ1v) is 6.68. The van der Waals surface area contributed by atoms with Crippen LogP contribution in [0, 0.1) is 5.82 Å². The van der Waals surface area contributed by atoms with Gasteiger partial charge in [-0.25, -0.2) is 4.39 Å². The van der Waals surface area contributed by atoms with E-state index >= 15 is 0 Å². The lowest BCUT2D eigenvalue weighted by molar-refractivity contribution is 0.579. The lowest BCUT2D eigenvalue weighted by Gasteiger charge is -2.13. The molecular formula is C14H12BrClFN. The average Bonchev–Trinajstić information content (AvgIpc) is 2.32. The van der Waals surface area contributed by atoms with E-state index in [9.17, 15) is 4.39 Å². The molecule has 0 radical (unpaired) electrons. The normalized spacial score (nSPS) is 12.4. The summed E-state index contributed by atoms with van der Waals surface area (Å²) in [6.07, 6.45) is 0.579. The van der Waals surface area contributed by atoms with Gasteiger partial charge in [0.25, 0.3) is 0 Å². The van der Waals surface area contributed by atoms with Gasteiger partial charge in [0.1, 0.15) is 5.82 Å². The molecule has 0 saturated heterocycles. The first-order valence-electron chi connectivity index (χ1n) is 5.51. The number of benzene rings is 2. The highest BCUT2D eigenvalue weighted by Crippen LogP contribution is 2.23. The quantitative estimate of drug-likeness (QED) is 0.883. The van der Waals surface area contributed by atoms with Crippen LogP contribution in [0.5, 0.6) is 0 Å². The van der Waals surface area contributed by atoms with E-state index in [4.69, 9.17) is 17.3 Å². The summed E-state index contributed by atoms with van der Waals surface area (Å²) >= 11 is 9.04. The molecule has 2 aromatic carbocycles. The van der Waals surface area contributed by atoms with Gasteiger partial charge < -0.3 is 5.73 Å². The molecule has 0 fully saturated rings. The Morgan fingerprint density at radius 2 is 1.83 bits per heavy atom. The summed E-state index contributed by atoms with van der Waals surface area (Å²) in [5, 5.41) is 0.683. The fraction of sp³-hybridized carbons (Fsp3) is 0.143. The van der Waals surface area contributed by atoms with Gasteiger partial charge in [-0.05, 0) is 36.2 Å².